The van der Waals surface area contributed by atoms with Crippen molar-refractivity contribution in [2.75, 3.05) is 0 Å². The lowest BCUT2D eigenvalue weighted by Crippen LogP contribution is -2.27. The van der Waals surface area contributed by atoms with Crippen LogP contribution in [0.1, 0.15) is 53.7 Å². The summed E-state index contributed by atoms with van der Waals surface area (Å²) in [7, 11) is 0. The largest absolute Gasteiger partial charge is 0.507 e. The highest BCUT2D eigenvalue weighted by Crippen LogP contribution is 2.39. The molecule has 1 aromatic carbocycles. The number of carbonyl (C=O) groups excluding carboxylic acids is 2. The van der Waals surface area contributed by atoms with E-state index in [-0.39, 0.29) is 11.2 Å². The lowest BCUT2D eigenvalue weighted by molar-refractivity contribution is -0.111. The second kappa shape index (κ2) is 3.80. The molecule has 19 heavy (non-hydrogen) atoms. The van der Waals surface area contributed by atoms with E-state index in [0.29, 0.717) is 11.1 Å². The van der Waals surface area contributed by atoms with Crippen LogP contribution in [-0.4, -0.2) is 16.7 Å². The summed E-state index contributed by atoms with van der Waals surface area (Å²) in [5.74, 6) is -1.25. The Hall–Kier alpha value is -1.90. The highest BCUT2D eigenvalue weighted by Gasteiger charge is 2.32. The van der Waals surface area contributed by atoms with Gasteiger partial charge in [-0.2, -0.15) is 0 Å². The van der Waals surface area contributed by atoms with Crippen molar-refractivity contribution in [2.24, 2.45) is 0 Å². The van der Waals surface area contributed by atoms with Gasteiger partial charge < -0.3 is 5.11 Å². The number of carbonyl (C=O) groups is 2. The zero-order valence-corrected chi connectivity index (χ0v) is 11.1. The standard InChI is InChI=1S/C16H16O3/c1-16(2)5-3-4-9-6-10-11(7-12(9)16)15(19)14(18)8-13(10)17/h6-8,17H,3-5H2,1-2H3. The number of rotatable bonds is 0. The van der Waals surface area contributed by atoms with Gasteiger partial charge >= 0.3 is 0 Å². The maximum atomic E-state index is 12.0. The maximum Gasteiger partial charge on any atom is 0.233 e. The van der Waals surface area contributed by atoms with Crippen LogP contribution in [0.3, 0.4) is 0 Å². The first-order valence-electron chi connectivity index (χ1n) is 6.57. The molecule has 0 bridgehead atoms. The smallest absolute Gasteiger partial charge is 0.233 e. The summed E-state index contributed by atoms with van der Waals surface area (Å²) in [5.41, 5.74) is 3.17. The Bertz CT molecular complexity index is 636. The van der Waals surface area contributed by atoms with Gasteiger partial charge in [-0.25, -0.2) is 0 Å². The Labute approximate surface area is 111 Å². The quantitative estimate of drug-likeness (QED) is 0.726. The van der Waals surface area contributed by atoms with Gasteiger partial charge in [0, 0.05) is 17.2 Å². The number of benzene rings is 1. The Kier molecular flexibility index (Phi) is 2.43. The third-order valence-electron chi connectivity index (χ3n) is 4.23. The molecule has 0 spiro atoms. The van der Waals surface area contributed by atoms with E-state index >= 15 is 0 Å². The van der Waals surface area contributed by atoms with E-state index in [2.05, 4.69) is 13.8 Å². The lowest BCUT2D eigenvalue weighted by Gasteiger charge is -2.33. The van der Waals surface area contributed by atoms with Gasteiger partial charge in [-0.1, -0.05) is 13.8 Å². The van der Waals surface area contributed by atoms with Crippen molar-refractivity contribution in [1.82, 2.24) is 0 Å². The zero-order valence-electron chi connectivity index (χ0n) is 11.1. The molecule has 2 aliphatic carbocycles. The van der Waals surface area contributed by atoms with Crippen LogP contribution in [0.5, 0.6) is 0 Å². The number of fused-ring (bicyclic) bond motifs is 2. The van der Waals surface area contributed by atoms with Gasteiger partial charge in [0.25, 0.3) is 0 Å². The SMILES string of the molecule is CC1(C)CCCc2cc3c(cc21)C(=O)C(=O)C=C3O. The number of hydrogen-bond acceptors (Lipinski definition) is 3. The number of ketones is 2. The fourth-order valence-electron chi connectivity index (χ4n) is 3.14. The highest BCUT2D eigenvalue weighted by molar-refractivity contribution is 6.50. The molecule has 0 aliphatic heterocycles. The summed E-state index contributed by atoms with van der Waals surface area (Å²) in [6.45, 7) is 4.31. The monoisotopic (exact) mass is 256 g/mol. The molecule has 2 aliphatic rings. The number of aliphatic hydroxyl groups is 1. The molecule has 0 unspecified atom stereocenters. The van der Waals surface area contributed by atoms with E-state index in [1.165, 1.54) is 5.56 Å². The molecular weight excluding hydrogens is 240 g/mol. The molecule has 3 heteroatoms. The second-order valence-electron chi connectivity index (χ2n) is 6.02. The summed E-state index contributed by atoms with van der Waals surface area (Å²) in [6.07, 6.45) is 4.16. The Morgan fingerprint density at radius 3 is 2.63 bits per heavy atom. The molecule has 0 amide bonds. The fraction of sp³-hybridized carbons (Fsp3) is 0.375. The van der Waals surface area contributed by atoms with Gasteiger partial charge in [-0.3, -0.25) is 9.59 Å². The third kappa shape index (κ3) is 1.72. The van der Waals surface area contributed by atoms with Crippen molar-refractivity contribution in [3.8, 4) is 0 Å². The van der Waals surface area contributed by atoms with Crippen LogP contribution in [0.15, 0.2) is 18.2 Å². The van der Waals surface area contributed by atoms with Crippen molar-refractivity contribution < 1.29 is 14.7 Å². The topological polar surface area (TPSA) is 54.4 Å². The van der Waals surface area contributed by atoms with Gasteiger partial charge in [0.15, 0.2) is 0 Å². The van der Waals surface area contributed by atoms with Crippen LogP contribution in [0.25, 0.3) is 5.76 Å². The van der Waals surface area contributed by atoms with E-state index in [4.69, 9.17) is 0 Å². The second-order valence-corrected chi connectivity index (χ2v) is 6.02. The molecule has 98 valence electrons. The number of aryl methyl sites for hydroxylation is 1. The summed E-state index contributed by atoms with van der Waals surface area (Å²) < 4.78 is 0. The zero-order chi connectivity index (χ0) is 13.8. The molecule has 0 saturated heterocycles. The molecule has 3 nitrogen and oxygen atoms in total. The van der Waals surface area contributed by atoms with Crippen LogP contribution in [-0.2, 0) is 16.6 Å². The first-order chi connectivity index (χ1) is 8.90. The number of allylic oxidation sites excluding steroid dienone is 1. The minimum Gasteiger partial charge on any atom is -0.507 e. The van der Waals surface area contributed by atoms with Crippen LogP contribution < -0.4 is 0 Å². The predicted molar refractivity (Wildman–Crippen MR) is 72.3 cm³/mol. The van der Waals surface area contributed by atoms with Crippen molar-refractivity contribution >= 4 is 17.3 Å². The highest BCUT2D eigenvalue weighted by atomic mass is 16.3. The normalized spacial score (nSPS) is 20.6. The van der Waals surface area contributed by atoms with Crippen LogP contribution in [0.2, 0.25) is 0 Å². The van der Waals surface area contributed by atoms with Crippen LogP contribution in [0.4, 0.5) is 0 Å². The van der Waals surface area contributed by atoms with E-state index in [9.17, 15) is 14.7 Å². The predicted octanol–water partition coefficient (Wildman–Crippen LogP) is 2.96. The molecule has 1 N–H and O–H groups in total. The van der Waals surface area contributed by atoms with Gasteiger partial charge in [-0.05, 0) is 47.9 Å². The molecule has 0 saturated carbocycles. The molecule has 0 radical (unpaired) electrons. The van der Waals surface area contributed by atoms with Gasteiger partial charge in [0.05, 0.1) is 0 Å². The average molecular weight is 256 g/mol. The van der Waals surface area contributed by atoms with E-state index in [1.807, 2.05) is 12.1 Å². The van der Waals surface area contributed by atoms with Crippen molar-refractivity contribution in [3.63, 3.8) is 0 Å². The maximum absolute atomic E-state index is 12.0. The van der Waals surface area contributed by atoms with Crippen LogP contribution >= 0.6 is 0 Å². The third-order valence-corrected chi connectivity index (χ3v) is 4.23. The molecule has 3 rings (SSSR count). The molecule has 0 aromatic heterocycles. The van der Waals surface area contributed by atoms with Gasteiger partial charge in [0.1, 0.15) is 5.76 Å². The van der Waals surface area contributed by atoms with Crippen LogP contribution in [0, 0.1) is 0 Å². The lowest BCUT2D eigenvalue weighted by atomic mass is 9.71. The molecule has 0 heterocycles. The Morgan fingerprint density at radius 2 is 1.89 bits per heavy atom. The average Bonchev–Trinajstić information content (AvgIpc) is 2.35. The number of hydrogen-bond donors (Lipinski definition) is 1. The summed E-state index contributed by atoms with van der Waals surface area (Å²) in [6, 6.07) is 3.69. The Morgan fingerprint density at radius 1 is 1.16 bits per heavy atom. The summed E-state index contributed by atoms with van der Waals surface area (Å²) in [4.78, 5) is 23.5. The van der Waals surface area contributed by atoms with Crippen molar-refractivity contribution in [3.05, 3.63) is 40.5 Å². The number of Topliss-reactive ketones (excluding diaryl/α,β-unsaturated/α-hetero) is 1. The van der Waals surface area contributed by atoms with E-state index < -0.39 is 11.6 Å². The van der Waals surface area contributed by atoms with Crippen molar-refractivity contribution in [1.29, 1.82) is 0 Å². The van der Waals surface area contributed by atoms with Gasteiger partial charge in [-0.15, -0.1) is 0 Å². The first kappa shape index (κ1) is 12.2. The van der Waals surface area contributed by atoms with E-state index in [1.54, 1.807) is 0 Å². The van der Waals surface area contributed by atoms with E-state index in [0.717, 1.165) is 30.9 Å². The van der Waals surface area contributed by atoms with Gasteiger partial charge in [0.2, 0.25) is 11.6 Å². The minimum absolute atomic E-state index is 0.0166. The summed E-state index contributed by atoms with van der Waals surface area (Å²) >= 11 is 0. The fourth-order valence-corrected chi connectivity index (χ4v) is 3.14. The molecular formula is C16H16O3. The summed E-state index contributed by atoms with van der Waals surface area (Å²) in [5, 5.41) is 9.87. The Balaban J connectivity index is 2.27. The molecule has 0 fully saturated rings. The van der Waals surface area contributed by atoms with Crippen molar-refractivity contribution in [2.45, 2.75) is 38.5 Å². The number of aliphatic hydroxyl groups excluding tert-OH is 1. The molecule has 1 aromatic rings. The molecule has 0 atom stereocenters. The first-order valence-corrected chi connectivity index (χ1v) is 6.57. The minimum atomic E-state index is -0.640.